The van der Waals surface area contributed by atoms with E-state index in [1.165, 1.54) is 31.4 Å². The Morgan fingerprint density at radius 2 is 2.32 bits per heavy atom. The number of nitrogens with one attached hydrogen (secondary N) is 1. The van der Waals surface area contributed by atoms with Crippen LogP contribution in [-0.4, -0.2) is 35.1 Å². The second-order valence-corrected chi connectivity index (χ2v) is 6.40. The summed E-state index contributed by atoms with van der Waals surface area (Å²) in [6.45, 7) is 8.23. The van der Waals surface area contributed by atoms with Crippen molar-refractivity contribution in [3.05, 3.63) is 30.1 Å². The Bertz CT molecular complexity index is 415. The molecule has 3 nitrogen and oxygen atoms in total. The van der Waals surface area contributed by atoms with Crippen molar-refractivity contribution in [2.45, 2.75) is 44.7 Å². The monoisotopic (exact) mass is 259 g/mol. The maximum atomic E-state index is 4.27. The molecule has 3 rings (SSSR count). The molecule has 2 fully saturated rings. The summed E-state index contributed by atoms with van der Waals surface area (Å²) < 4.78 is 0. The van der Waals surface area contributed by atoms with E-state index in [1.54, 1.807) is 0 Å². The summed E-state index contributed by atoms with van der Waals surface area (Å²) in [7, 11) is 0. The summed E-state index contributed by atoms with van der Waals surface area (Å²) in [4.78, 5) is 6.90. The van der Waals surface area contributed by atoms with Crippen LogP contribution in [0.25, 0.3) is 0 Å². The average molecular weight is 259 g/mol. The molecule has 1 aliphatic heterocycles. The number of nitrogens with zero attached hydrogens (tertiary/aromatic N) is 2. The predicted molar refractivity (Wildman–Crippen MR) is 78.0 cm³/mol. The number of rotatable bonds is 3. The maximum absolute atomic E-state index is 4.27. The first-order valence-electron chi connectivity index (χ1n) is 7.58. The fourth-order valence-electron chi connectivity index (χ4n) is 3.37. The summed E-state index contributed by atoms with van der Waals surface area (Å²) in [6, 6.07) is 4.71. The molecular weight excluding hydrogens is 234 g/mol. The maximum Gasteiger partial charge on any atom is 0.0335 e. The van der Waals surface area contributed by atoms with E-state index < -0.39 is 0 Å². The van der Waals surface area contributed by atoms with Gasteiger partial charge in [0.05, 0.1) is 0 Å². The van der Waals surface area contributed by atoms with Gasteiger partial charge in [0.15, 0.2) is 0 Å². The molecule has 2 unspecified atom stereocenters. The van der Waals surface area contributed by atoms with Crippen molar-refractivity contribution in [3.63, 3.8) is 0 Å². The van der Waals surface area contributed by atoms with Crippen LogP contribution in [0.5, 0.6) is 0 Å². The lowest BCUT2D eigenvalue weighted by atomic mass is 9.94. The van der Waals surface area contributed by atoms with Gasteiger partial charge in [0.2, 0.25) is 0 Å². The minimum Gasteiger partial charge on any atom is -0.310 e. The lowest BCUT2D eigenvalue weighted by Gasteiger charge is -2.37. The van der Waals surface area contributed by atoms with Gasteiger partial charge in [0.25, 0.3) is 0 Å². The van der Waals surface area contributed by atoms with Crippen LogP contribution in [0.3, 0.4) is 0 Å². The van der Waals surface area contributed by atoms with Crippen molar-refractivity contribution in [1.29, 1.82) is 0 Å². The standard InChI is InChI=1S/C16H25N3/c1-13(14-5-3-8-17-11-14)19-10-4-9-18-16(2,12-19)15-6-7-15/h3,5,8,11,13,15,18H,4,6-7,9-10,12H2,1-2H3. The zero-order valence-electron chi connectivity index (χ0n) is 12.1. The number of pyridine rings is 1. The molecule has 2 heterocycles. The molecule has 2 atom stereocenters. The number of hydrogen-bond acceptors (Lipinski definition) is 3. The van der Waals surface area contributed by atoms with Crippen molar-refractivity contribution in [2.75, 3.05) is 19.6 Å². The van der Waals surface area contributed by atoms with Crippen LogP contribution in [0.1, 0.15) is 44.7 Å². The second kappa shape index (κ2) is 5.22. The Kier molecular flexibility index (Phi) is 3.59. The van der Waals surface area contributed by atoms with E-state index in [4.69, 9.17) is 0 Å². The van der Waals surface area contributed by atoms with E-state index in [9.17, 15) is 0 Å². The van der Waals surface area contributed by atoms with E-state index in [1.807, 2.05) is 18.5 Å². The van der Waals surface area contributed by atoms with Gasteiger partial charge in [-0.1, -0.05) is 6.07 Å². The second-order valence-electron chi connectivity index (χ2n) is 6.40. The quantitative estimate of drug-likeness (QED) is 0.904. The molecule has 0 radical (unpaired) electrons. The normalized spacial score (nSPS) is 30.8. The highest BCUT2D eigenvalue weighted by molar-refractivity contribution is 5.14. The van der Waals surface area contributed by atoms with Gasteiger partial charge in [-0.25, -0.2) is 0 Å². The largest absolute Gasteiger partial charge is 0.310 e. The fourth-order valence-corrected chi connectivity index (χ4v) is 3.37. The first-order valence-corrected chi connectivity index (χ1v) is 7.58. The number of aromatic nitrogens is 1. The smallest absolute Gasteiger partial charge is 0.0335 e. The van der Waals surface area contributed by atoms with Gasteiger partial charge in [-0.05, 0) is 57.2 Å². The Morgan fingerprint density at radius 1 is 1.47 bits per heavy atom. The molecule has 1 aromatic rings. The van der Waals surface area contributed by atoms with Crippen molar-refractivity contribution in [3.8, 4) is 0 Å². The first-order chi connectivity index (χ1) is 9.19. The fraction of sp³-hybridized carbons (Fsp3) is 0.688. The minimum atomic E-state index is 0.312. The molecule has 1 saturated carbocycles. The predicted octanol–water partition coefficient (Wildman–Crippen LogP) is 2.61. The third-order valence-electron chi connectivity index (χ3n) is 4.88. The van der Waals surface area contributed by atoms with Gasteiger partial charge in [0, 0.05) is 37.1 Å². The Balaban J connectivity index is 1.75. The van der Waals surface area contributed by atoms with Crippen molar-refractivity contribution < 1.29 is 0 Å². The van der Waals surface area contributed by atoms with Crippen LogP contribution in [0.2, 0.25) is 0 Å². The van der Waals surface area contributed by atoms with E-state index >= 15 is 0 Å². The number of hydrogen-bond donors (Lipinski definition) is 1. The van der Waals surface area contributed by atoms with E-state index in [0.717, 1.165) is 19.0 Å². The van der Waals surface area contributed by atoms with Crippen LogP contribution in [0.4, 0.5) is 0 Å². The minimum absolute atomic E-state index is 0.312. The van der Waals surface area contributed by atoms with Gasteiger partial charge in [-0.3, -0.25) is 9.88 Å². The van der Waals surface area contributed by atoms with Gasteiger partial charge in [-0.15, -0.1) is 0 Å². The molecular formula is C16H25N3. The Labute approximate surface area is 116 Å². The van der Waals surface area contributed by atoms with Crippen LogP contribution < -0.4 is 5.32 Å². The molecule has 0 amide bonds. The molecule has 0 spiro atoms. The Morgan fingerprint density at radius 3 is 3.00 bits per heavy atom. The van der Waals surface area contributed by atoms with E-state index in [0.29, 0.717) is 11.6 Å². The molecule has 3 heteroatoms. The third kappa shape index (κ3) is 2.82. The first kappa shape index (κ1) is 13.1. The van der Waals surface area contributed by atoms with Gasteiger partial charge >= 0.3 is 0 Å². The molecule has 0 bridgehead atoms. The summed E-state index contributed by atoms with van der Waals surface area (Å²) in [5.41, 5.74) is 1.65. The van der Waals surface area contributed by atoms with Gasteiger partial charge < -0.3 is 5.32 Å². The third-order valence-corrected chi connectivity index (χ3v) is 4.88. The van der Waals surface area contributed by atoms with Gasteiger partial charge in [0.1, 0.15) is 0 Å². The van der Waals surface area contributed by atoms with Crippen LogP contribution in [-0.2, 0) is 0 Å². The highest BCUT2D eigenvalue weighted by Crippen LogP contribution is 2.41. The summed E-state index contributed by atoms with van der Waals surface area (Å²) in [5, 5.41) is 3.80. The summed E-state index contributed by atoms with van der Waals surface area (Å²) in [5.74, 6) is 0.884. The zero-order chi connectivity index (χ0) is 13.3. The molecule has 104 valence electrons. The van der Waals surface area contributed by atoms with Crippen LogP contribution in [0, 0.1) is 5.92 Å². The van der Waals surface area contributed by atoms with Gasteiger partial charge in [-0.2, -0.15) is 0 Å². The molecule has 19 heavy (non-hydrogen) atoms. The van der Waals surface area contributed by atoms with Crippen molar-refractivity contribution >= 4 is 0 Å². The average Bonchev–Trinajstić information content (AvgIpc) is 3.26. The highest BCUT2D eigenvalue weighted by atomic mass is 15.2. The summed E-state index contributed by atoms with van der Waals surface area (Å²) in [6.07, 6.45) is 7.91. The molecule has 1 N–H and O–H groups in total. The SMILES string of the molecule is CC(c1cccnc1)N1CCCNC(C)(C2CC2)C1. The van der Waals surface area contributed by atoms with E-state index in [2.05, 4.69) is 35.1 Å². The molecule has 1 saturated heterocycles. The molecule has 1 aliphatic carbocycles. The Hall–Kier alpha value is -0.930. The van der Waals surface area contributed by atoms with Crippen molar-refractivity contribution in [2.24, 2.45) is 5.92 Å². The zero-order valence-corrected chi connectivity index (χ0v) is 12.1. The van der Waals surface area contributed by atoms with Crippen molar-refractivity contribution in [1.82, 2.24) is 15.2 Å². The summed E-state index contributed by atoms with van der Waals surface area (Å²) >= 11 is 0. The lowest BCUT2D eigenvalue weighted by Crippen LogP contribution is -2.51. The lowest BCUT2D eigenvalue weighted by molar-refractivity contribution is 0.159. The molecule has 2 aliphatic rings. The molecule has 1 aromatic heterocycles. The highest BCUT2D eigenvalue weighted by Gasteiger charge is 2.43. The van der Waals surface area contributed by atoms with E-state index in [-0.39, 0.29) is 0 Å². The van der Waals surface area contributed by atoms with Crippen LogP contribution >= 0.6 is 0 Å². The van der Waals surface area contributed by atoms with Crippen LogP contribution in [0.15, 0.2) is 24.5 Å². The molecule has 0 aromatic carbocycles. The topological polar surface area (TPSA) is 28.2 Å².